The molecule has 0 bridgehead atoms. The van der Waals surface area contributed by atoms with E-state index in [1.807, 2.05) is 48.5 Å². The summed E-state index contributed by atoms with van der Waals surface area (Å²) in [6, 6.07) is 21.3. The molecule has 1 fully saturated rings. The minimum atomic E-state index is -3.32. The van der Waals surface area contributed by atoms with E-state index in [-0.39, 0.29) is 17.6 Å². The zero-order chi connectivity index (χ0) is 22.1. The van der Waals surface area contributed by atoms with E-state index in [2.05, 4.69) is 9.82 Å². The van der Waals surface area contributed by atoms with Gasteiger partial charge in [0, 0.05) is 5.39 Å². The van der Waals surface area contributed by atoms with E-state index in [1.165, 1.54) is 12.1 Å². The van der Waals surface area contributed by atoms with E-state index < -0.39 is 16.1 Å². The zero-order valence-corrected chi connectivity index (χ0v) is 18.0. The highest BCUT2D eigenvalue weighted by Crippen LogP contribution is 2.29. The molecule has 5 rings (SSSR count). The van der Waals surface area contributed by atoms with Gasteiger partial charge in [-0.2, -0.15) is 5.10 Å². The quantitative estimate of drug-likeness (QED) is 0.432. The van der Waals surface area contributed by atoms with Gasteiger partial charge in [-0.15, -0.1) is 0 Å². The van der Waals surface area contributed by atoms with Gasteiger partial charge in [0.2, 0.25) is 10.0 Å². The van der Waals surface area contributed by atoms with E-state index >= 15 is 0 Å². The molecule has 1 aliphatic carbocycles. The van der Waals surface area contributed by atoms with Crippen molar-refractivity contribution in [1.82, 2.24) is 14.5 Å². The van der Waals surface area contributed by atoms with Gasteiger partial charge in [0.1, 0.15) is 17.7 Å². The summed E-state index contributed by atoms with van der Waals surface area (Å²) in [6.45, 7) is 0.149. The lowest BCUT2D eigenvalue weighted by molar-refractivity contribution is 0.209. The van der Waals surface area contributed by atoms with Crippen LogP contribution in [0.2, 0.25) is 0 Å². The summed E-state index contributed by atoms with van der Waals surface area (Å²) in [7, 11) is -3.32. The molecule has 3 aromatic carbocycles. The third kappa shape index (κ3) is 4.37. The molecule has 8 heteroatoms. The summed E-state index contributed by atoms with van der Waals surface area (Å²) in [6.07, 6.45) is 2.66. The van der Waals surface area contributed by atoms with Gasteiger partial charge in [-0.05, 0) is 60.9 Å². The molecule has 0 radical (unpaired) electrons. The fraction of sp³-hybridized carbons (Fsp3) is 0.208. The van der Waals surface area contributed by atoms with Crippen LogP contribution in [-0.2, 0) is 10.0 Å². The van der Waals surface area contributed by atoms with E-state index in [0.29, 0.717) is 18.6 Å². The fourth-order valence-electron chi connectivity index (χ4n) is 3.62. The van der Waals surface area contributed by atoms with Gasteiger partial charge in [0.15, 0.2) is 0 Å². The maximum absolute atomic E-state index is 13.3. The Kier molecular flexibility index (Phi) is 5.40. The largest absolute Gasteiger partial charge is 0.484 e. The van der Waals surface area contributed by atoms with Crippen molar-refractivity contribution in [3.8, 4) is 11.4 Å². The zero-order valence-electron chi connectivity index (χ0n) is 17.2. The maximum Gasteiger partial charge on any atom is 0.214 e. The fourth-order valence-corrected chi connectivity index (χ4v) is 5.00. The van der Waals surface area contributed by atoms with Gasteiger partial charge < -0.3 is 4.74 Å². The third-order valence-electron chi connectivity index (χ3n) is 5.49. The average Bonchev–Trinajstić information content (AvgIpc) is 3.59. The maximum atomic E-state index is 13.3. The van der Waals surface area contributed by atoms with Gasteiger partial charge in [-0.1, -0.05) is 30.3 Å². The molecule has 0 spiro atoms. The number of benzene rings is 3. The summed E-state index contributed by atoms with van der Waals surface area (Å²) in [5.74, 6) is 0.306. The van der Waals surface area contributed by atoms with Crippen molar-refractivity contribution in [2.45, 2.75) is 24.2 Å². The lowest BCUT2D eigenvalue weighted by atomic mass is 10.1. The van der Waals surface area contributed by atoms with Crippen LogP contribution in [0.1, 0.15) is 24.5 Å². The van der Waals surface area contributed by atoms with Gasteiger partial charge in [-0.3, -0.25) is 0 Å². The second-order valence-corrected chi connectivity index (χ2v) is 9.91. The Morgan fingerprint density at radius 3 is 2.53 bits per heavy atom. The number of nitrogens with zero attached hydrogens (tertiary/aromatic N) is 2. The van der Waals surface area contributed by atoms with Crippen molar-refractivity contribution in [1.29, 1.82) is 0 Å². The van der Waals surface area contributed by atoms with Crippen molar-refractivity contribution in [3.05, 3.63) is 90.4 Å². The monoisotopic (exact) mass is 451 g/mol. The van der Waals surface area contributed by atoms with Gasteiger partial charge in [-0.25, -0.2) is 22.2 Å². The number of fused-ring (bicyclic) bond motifs is 1. The molecule has 1 atom stereocenters. The third-order valence-corrected chi connectivity index (χ3v) is 7.41. The van der Waals surface area contributed by atoms with E-state index in [1.54, 1.807) is 23.0 Å². The second-order valence-electron chi connectivity index (χ2n) is 7.86. The van der Waals surface area contributed by atoms with Crippen LogP contribution in [0.15, 0.2) is 79.0 Å². The van der Waals surface area contributed by atoms with Crippen LogP contribution in [-0.4, -0.2) is 30.0 Å². The summed E-state index contributed by atoms with van der Waals surface area (Å²) in [5, 5.41) is 4.99. The summed E-state index contributed by atoms with van der Waals surface area (Å²) in [5.41, 5.74) is 2.49. The Bertz CT molecular complexity index is 1330. The van der Waals surface area contributed by atoms with Crippen molar-refractivity contribution in [2.75, 3.05) is 6.54 Å². The number of hydrogen-bond acceptors (Lipinski definition) is 4. The minimum absolute atomic E-state index is 0.149. The first-order valence-corrected chi connectivity index (χ1v) is 12.0. The first kappa shape index (κ1) is 20.7. The predicted octanol–water partition coefficient (Wildman–Crippen LogP) is 4.37. The van der Waals surface area contributed by atoms with Crippen molar-refractivity contribution in [2.24, 2.45) is 0 Å². The van der Waals surface area contributed by atoms with E-state index in [4.69, 9.17) is 4.74 Å². The number of sulfonamides is 1. The molecule has 164 valence electrons. The van der Waals surface area contributed by atoms with Crippen LogP contribution in [0.5, 0.6) is 5.75 Å². The molecular weight excluding hydrogens is 429 g/mol. The molecular formula is C24H22FN3O3S. The summed E-state index contributed by atoms with van der Waals surface area (Å²) < 4.78 is 48.5. The van der Waals surface area contributed by atoms with Crippen LogP contribution in [0.3, 0.4) is 0 Å². The Labute approximate surface area is 185 Å². The van der Waals surface area contributed by atoms with Crippen molar-refractivity contribution < 1.29 is 17.5 Å². The molecule has 0 unspecified atom stereocenters. The lowest BCUT2D eigenvalue weighted by Gasteiger charge is -2.20. The highest BCUT2D eigenvalue weighted by molar-refractivity contribution is 7.90. The Balaban J connectivity index is 1.40. The minimum Gasteiger partial charge on any atom is -0.484 e. The summed E-state index contributed by atoms with van der Waals surface area (Å²) >= 11 is 0. The molecule has 1 N–H and O–H groups in total. The van der Waals surface area contributed by atoms with Crippen LogP contribution in [0, 0.1) is 5.82 Å². The van der Waals surface area contributed by atoms with Crippen LogP contribution in [0.4, 0.5) is 4.39 Å². The second kappa shape index (κ2) is 8.37. The molecule has 1 aliphatic rings. The Hall–Kier alpha value is -3.23. The molecule has 0 amide bonds. The number of nitrogens with one attached hydrogen (secondary N) is 1. The highest BCUT2D eigenvalue weighted by Gasteiger charge is 2.36. The Morgan fingerprint density at radius 1 is 1.06 bits per heavy atom. The van der Waals surface area contributed by atoms with Crippen LogP contribution >= 0.6 is 0 Å². The van der Waals surface area contributed by atoms with Crippen LogP contribution < -0.4 is 9.46 Å². The molecule has 4 aromatic rings. The predicted molar refractivity (Wildman–Crippen MR) is 121 cm³/mol. The molecule has 0 saturated heterocycles. The number of hydrogen-bond donors (Lipinski definition) is 1. The van der Waals surface area contributed by atoms with Crippen molar-refractivity contribution in [3.63, 3.8) is 0 Å². The first-order valence-electron chi connectivity index (χ1n) is 10.4. The highest BCUT2D eigenvalue weighted by atomic mass is 32.2. The average molecular weight is 452 g/mol. The summed E-state index contributed by atoms with van der Waals surface area (Å²) in [4.78, 5) is 0. The van der Waals surface area contributed by atoms with E-state index in [9.17, 15) is 12.8 Å². The molecule has 32 heavy (non-hydrogen) atoms. The standard InChI is InChI=1S/C24H22FN3O3S/c25-19-6-8-20(9-7-19)28-23-13-10-21(14-18(23)15-26-28)31-24(17-4-2-1-3-5-17)16-27-32(29,30)22-11-12-22/h1-10,13-15,22,24,27H,11-12,16H2/t24-/m0/s1. The first-order chi connectivity index (χ1) is 15.5. The molecule has 1 aromatic heterocycles. The Morgan fingerprint density at radius 2 is 1.81 bits per heavy atom. The molecule has 1 saturated carbocycles. The van der Waals surface area contributed by atoms with Crippen LogP contribution in [0.25, 0.3) is 16.6 Å². The number of ether oxygens (including phenoxy) is 1. The molecule has 6 nitrogen and oxygen atoms in total. The number of aromatic nitrogens is 2. The topological polar surface area (TPSA) is 73.2 Å². The van der Waals surface area contributed by atoms with Gasteiger partial charge in [0.25, 0.3) is 0 Å². The lowest BCUT2D eigenvalue weighted by Crippen LogP contribution is -2.33. The van der Waals surface area contributed by atoms with Crippen molar-refractivity contribution >= 4 is 20.9 Å². The number of halogens is 1. The number of rotatable bonds is 8. The molecule has 1 heterocycles. The smallest absolute Gasteiger partial charge is 0.214 e. The molecule has 0 aliphatic heterocycles. The van der Waals surface area contributed by atoms with E-state index in [0.717, 1.165) is 22.2 Å². The SMILES string of the molecule is O=S(=O)(NC[C@H](Oc1ccc2c(cnn2-c2ccc(F)cc2)c1)c1ccccc1)C1CC1. The van der Waals surface area contributed by atoms with Gasteiger partial charge >= 0.3 is 0 Å². The normalized spacial score (nSPS) is 15.0. The van der Waals surface area contributed by atoms with Gasteiger partial charge in [0.05, 0.1) is 29.2 Å².